The lowest BCUT2D eigenvalue weighted by Crippen LogP contribution is -2.72. The number of fused-ring (bicyclic) bond motifs is 1. The van der Waals surface area contributed by atoms with Gasteiger partial charge in [-0.3, -0.25) is 9.59 Å². The number of carboxylic acids is 1. The molecule has 1 saturated heterocycles. The van der Waals surface area contributed by atoms with Gasteiger partial charge in [0, 0.05) is 47.0 Å². The van der Waals surface area contributed by atoms with Gasteiger partial charge in [-0.15, -0.1) is 0 Å². The third-order valence-electron chi connectivity index (χ3n) is 9.40. The Morgan fingerprint density at radius 2 is 1.79 bits per heavy atom. The first-order valence-corrected chi connectivity index (χ1v) is 14.2. The van der Waals surface area contributed by atoms with Crippen molar-refractivity contribution in [2.45, 2.75) is 90.1 Å². The third-order valence-corrected chi connectivity index (χ3v) is 9.40. The van der Waals surface area contributed by atoms with Crippen LogP contribution in [0.3, 0.4) is 0 Å². The Morgan fingerprint density at radius 1 is 1.12 bits per heavy atom. The summed E-state index contributed by atoms with van der Waals surface area (Å²) in [5, 5.41) is 43.3. The molecule has 1 spiro atoms. The number of benzene rings is 1. The number of phenols is 2. The number of ether oxygens (including phenoxy) is 2. The fraction of sp³-hybridized carbons (Fsp3) is 0.485. The molecule has 1 saturated carbocycles. The molecule has 42 heavy (non-hydrogen) atoms. The molecule has 6 rings (SSSR count). The van der Waals surface area contributed by atoms with Gasteiger partial charge in [0.2, 0.25) is 0 Å². The number of Topliss-reactive ketones (excluding diaryl/α,β-unsaturated/α-hetero) is 2. The molecule has 5 atom stereocenters. The van der Waals surface area contributed by atoms with Crippen molar-refractivity contribution in [2.75, 3.05) is 0 Å². The highest BCUT2D eigenvalue weighted by Gasteiger charge is 2.81. The van der Waals surface area contributed by atoms with E-state index in [0.717, 1.165) is 5.57 Å². The zero-order chi connectivity index (χ0) is 31.1. The number of hydrogen-bond acceptors (Lipinski definition) is 8. The fourth-order valence-electron chi connectivity index (χ4n) is 7.20. The topological polar surface area (TPSA) is 151 Å². The predicted molar refractivity (Wildman–Crippen MR) is 154 cm³/mol. The van der Waals surface area contributed by atoms with Gasteiger partial charge in [-0.05, 0) is 54.4 Å². The van der Waals surface area contributed by atoms with Gasteiger partial charge in [0.15, 0.2) is 22.8 Å². The molecule has 2 aliphatic heterocycles. The number of carbonyl (C=O) groups excluding carboxylic acids is 2. The first-order valence-electron chi connectivity index (χ1n) is 14.2. The molecule has 0 amide bonds. The van der Waals surface area contributed by atoms with Gasteiger partial charge in [0.05, 0.1) is 11.7 Å². The Hall–Kier alpha value is -3.69. The van der Waals surface area contributed by atoms with E-state index in [9.17, 15) is 34.8 Å². The van der Waals surface area contributed by atoms with Crippen LogP contribution in [0, 0.1) is 11.8 Å². The van der Waals surface area contributed by atoms with Crippen LogP contribution in [0.4, 0.5) is 0 Å². The average Bonchev–Trinajstić information content (AvgIpc) is 3.06. The largest absolute Gasteiger partial charge is 0.507 e. The van der Waals surface area contributed by atoms with Crippen molar-refractivity contribution in [1.82, 2.24) is 0 Å². The lowest BCUT2D eigenvalue weighted by molar-refractivity contribution is -0.171. The molecule has 5 aliphatic rings. The van der Waals surface area contributed by atoms with Crippen molar-refractivity contribution in [3.8, 4) is 17.2 Å². The van der Waals surface area contributed by atoms with E-state index in [2.05, 4.69) is 6.58 Å². The first-order chi connectivity index (χ1) is 19.5. The lowest BCUT2D eigenvalue weighted by Gasteiger charge is -2.56. The van der Waals surface area contributed by atoms with E-state index in [1.165, 1.54) is 13.0 Å². The second kappa shape index (κ2) is 9.67. The van der Waals surface area contributed by atoms with Gasteiger partial charge >= 0.3 is 5.97 Å². The van der Waals surface area contributed by atoms with Crippen LogP contribution in [0.25, 0.3) is 0 Å². The first kappa shape index (κ1) is 29.8. The maximum Gasteiger partial charge on any atom is 0.330 e. The van der Waals surface area contributed by atoms with Crippen LogP contribution in [0.5, 0.6) is 17.2 Å². The molecule has 2 heterocycles. The molecule has 4 N–H and O–H groups in total. The highest BCUT2D eigenvalue weighted by molar-refractivity contribution is 6.18. The van der Waals surface area contributed by atoms with Crippen LogP contribution >= 0.6 is 0 Å². The highest BCUT2D eigenvalue weighted by atomic mass is 16.6. The molecule has 224 valence electrons. The van der Waals surface area contributed by atoms with Crippen LogP contribution in [0.1, 0.15) is 75.9 Å². The summed E-state index contributed by atoms with van der Waals surface area (Å²) < 4.78 is 13.4. The molecule has 1 aromatic rings. The van der Waals surface area contributed by atoms with Gasteiger partial charge in [-0.2, -0.15) is 0 Å². The summed E-state index contributed by atoms with van der Waals surface area (Å²) in [5.41, 5.74) is -2.68. The summed E-state index contributed by atoms with van der Waals surface area (Å²) in [6.45, 7) is 14.2. The normalized spacial score (nSPS) is 29.3. The minimum absolute atomic E-state index is 0.0115. The van der Waals surface area contributed by atoms with E-state index in [4.69, 9.17) is 9.47 Å². The second-order valence-corrected chi connectivity index (χ2v) is 12.8. The molecule has 1 aromatic carbocycles. The van der Waals surface area contributed by atoms with Crippen molar-refractivity contribution >= 4 is 17.5 Å². The quantitative estimate of drug-likeness (QED) is 0.258. The number of hydrogen-bond donors (Lipinski definition) is 4. The average molecular weight is 579 g/mol. The van der Waals surface area contributed by atoms with Crippen LogP contribution in [-0.4, -0.2) is 60.9 Å². The van der Waals surface area contributed by atoms with Crippen LogP contribution in [0.2, 0.25) is 0 Å². The maximum absolute atomic E-state index is 14.5. The fourth-order valence-corrected chi connectivity index (χ4v) is 7.20. The lowest BCUT2D eigenvalue weighted by atomic mass is 9.51. The molecule has 1 unspecified atom stereocenters. The Bertz CT molecular complexity index is 1540. The molecule has 2 fully saturated rings. The van der Waals surface area contributed by atoms with Gasteiger partial charge in [0.25, 0.3) is 0 Å². The number of aromatic hydroxyl groups is 2. The van der Waals surface area contributed by atoms with Crippen LogP contribution in [-0.2, 0) is 27.2 Å². The smallest absolute Gasteiger partial charge is 0.330 e. The minimum Gasteiger partial charge on any atom is -0.507 e. The Morgan fingerprint density at radius 3 is 2.38 bits per heavy atom. The molecular formula is C33H38O9. The van der Waals surface area contributed by atoms with Crippen molar-refractivity contribution in [3.63, 3.8) is 0 Å². The molecule has 3 aliphatic carbocycles. The Kier molecular flexibility index (Phi) is 6.86. The highest BCUT2D eigenvalue weighted by Crippen LogP contribution is 2.68. The van der Waals surface area contributed by atoms with Gasteiger partial charge in [-0.1, -0.05) is 36.0 Å². The number of aliphatic carboxylic acids is 1. The number of phenolic OH excluding ortho intramolecular Hbond substituents is 2. The second-order valence-electron chi connectivity index (χ2n) is 12.8. The summed E-state index contributed by atoms with van der Waals surface area (Å²) in [7, 11) is 0. The van der Waals surface area contributed by atoms with Gasteiger partial charge in [-0.25, -0.2) is 4.79 Å². The summed E-state index contributed by atoms with van der Waals surface area (Å²) >= 11 is 0. The third kappa shape index (κ3) is 3.93. The summed E-state index contributed by atoms with van der Waals surface area (Å²) in [6, 6.07) is 0. The monoisotopic (exact) mass is 578 g/mol. The van der Waals surface area contributed by atoms with Crippen molar-refractivity contribution in [3.05, 3.63) is 63.8 Å². The molecule has 0 aromatic heterocycles. The van der Waals surface area contributed by atoms with Crippen molar-refractivity contribution in [1.29, 1.82) is 0 Å². The van der Waals surface area contributed by atoms with Crippen molar-refractivity contribution < 1.29 is 44.3 Å². The van der Waals surface area contributed by atoms with Gasteiger partial charge in [0.1, 0.15) is 22.8 Å². The van der Waals surface area contributed by atoms with E-state index >= 15 is 0 Å². The molecular weight excluding hydrogens is 540 g/mol. The van der Waals surface area contributed by atoms with E-state index in [1.807, 2.05) is 27.7 Å². The zero-order valence-electron chi connectivity index (χ0n) is 24.8. The Balaban J connectivity index is 1.81. The number of rotatable bonds is 8. The molecule has 4 bridgehead atoms. The molecule has 0 radical (unpaired) electrons. The summed E-state index contributed by atoms with van der Waals surface area (Å²) in [4.78, 5) is 40.3. The Labute approximate surface area is 244 Å². The summed E-state index contributed by atoms with van der Waals surface area (Å²) in [6.07, 6.45) is 3.89. The molecule has 9 nitrogen and oxygen atoms in total. The number of carboxylic acid groups (broad SMARTS) is 1. The number of aliphatic hydroxyl groups is 1. The minimum atomic E-state index is -1.73. The predicted octanol–water partition coefficient (Wildman–Crippen LogP) is 4.51. The zero-order valence-corrected chi connectivity index (χ0v) is 24.8. The van der Waals surface area contributed by atoms with Crippen molar-refractivity contribution in [2.24, 2.45) is 11.8 Å². The van der Waals surface area contributed by atoms with Crippen LogP contribution in [0.15, 0.2) is 47.1 Å². The number of aliphatic hydroxyl groups excluding tert-OH is 1. The van der Waals surface area contributed by atoms with E-state index in [1.54, 1.807) is 19.1 Å². The van der Waals surface area contributed by atoms with E-state index in [0.29, 0.717) is 12.0 Å². The number of ketones is 2. The van der Waals surface area contributed by atoms with Gasteiger partial charge < -0.3 is 29.9 Å². The van der Waals surface area contributed by atoms with E-state index < -0.39 is 52.2 Å². The maximum atomic E-state index is 14.5. The number of carbonyl (C=O) groups is 3. The molecule has 9 heteroatoms. The standard InChI is InChI=1S/C33H38O9/c1-15(2)8-9-19-25(35)20(14-22(34)16(3)4)28-24(26(19)36)27(37)21-12-18-13-23-31(6,7)42-32(29(18)38,33(21,23)41-28)11-10-17(5)30(39)40/h8,10,12,18,22-23,34-36H,3,9,11,13-14H2,1-2,4-7H3,(H,39,40)/b17-10+/t18-,22?,23+,32+,33-/m1/s1. The van der Waals surface area contributed by atoms with E-state index in [-0.39, 0.29) is 64.4 Å². The SMILES string of the molecule is C=C(C)C(O)Cc1c(O)c(CC=C(C)C)c(O)c2c1O[C@]13C(=C[C@@H]4C[C@H]1C(C)(C)O[C@@]3(C/C=C(\C)C(=O)O)C4=O)C2=O. The van der Waals surface area contributed by atoms with Crippen LogP contribution < -0.4 is 4.74 Å². The summed E-state index contributed by atoms with van der Waals surface area (Å²) in [5.74, 6) is -4.02. The number of allylic oxidation sites excluding steroid dienone is 3.